The van der Waals surface area contributed by atoms with Crippen molar-refractivity contribution >= 4 is 112 Å². The topological polar surface area (TPSA) is 450 Å². The molecule has 6 aromatic carbocycles. The summed E-state index contributed by atoms with van der Waals surface area (Å²) in [7, 11) is 0. The fourth-order valence-electron chi connectivity index (χ4n) is 12.0. The zero-order valence-corrected chi connectivity index (χ0v) is 75.8. The standard InChI is InChI=1S/C31H40ClN3O7.C27H36ClN3O4.C25H30ClNO5.C5H13N.C4H4O3.C3H9N/c1-2-17-33-30(40)23(12-8-9-18-34-31(41)42-21-24-13-6-7-14-25(24)32)20-27(36)26(19-22-10-4-3-5-11-22)35-28(37)15-16-29(38)39;1-2-15-30-26(33)21(18-25(32)24(29)17-20-10-4-3-5-11-20)12-8-9-16-31-27(34)35-19-22-13-6-7-14-23(22)28;1-18(15-19-9-3-2-4-10-19)23(28)16-20(24(29)30)11-7-8-14-27-25(31)32-17-21-12-5-6-13-22(21)26;1-2-3-4-5-6;5-3-1-2-4(6)7-3;1-2-3-4/h3-7,10-11,13-14,23,26H,2,8-9,12,15-21H2,1H3,(H,33,40)(H,34,41)(H,35,37)(H,38,39);3-7,10-11,13-14,21,24H,2,8-9,12,15-19,29H2,1H3,(H,30,33)(H,31,34);2-6,9-10,12-13,18,20H,7-8,11,14-17H2,1H3,(H,27,31)(H,29,30);2-6H2,1H3;1-2H2;2-4H2,1H3. The lowest BCUT2D eigenvalue weighted by Gasteiger charge is -2.22. The number of esters is 2. The van der Waals surface area contributed by atoms with Gasteiger partial charge in [-0.2, -0.15) is 0 Å². The Bertz CT molecular complexity index is 4150. The van der Waals surface area contributed by atoms with Crippen LogP contribution < -0.4 is 49.1 Å². The SMILES string of the molecule is CC(Cc1ccccc1)C(=O)CC(CCCCNC(=O)OCc1ccccc1Cl)C(=O)O.CCCCCN.CCCN.CCCNC(=O)C(CCCCNC(=O)OCc1ccccc1Cl)CC(=O)C(Cc1ccccc1)NC(=O)CCC(=O)O.CCCNC(=O)C(CCCCNC(=O)OCc1ccccc1Cl)CC(=O)C(N)Cc1ccccc1.O=C1CCC(=O)O1. The normalized spacial score (nSPS) is 12.4. The molecule has 1 saturated heterocycles. The molecule has 7 rings (SSSR count). The van der Waals surface area contributed by atoms with E-state index in [0.717, 1.165) is 60.2 Å². The Morgan fingerprint density at radius 1 is 0.413 bits per heavy atom. The van der Waals surface area contributed by atoms with Crippen molar-refractivity contribution in [1.82, 2.24) is 31.9 Å². The number of Topliss-reactive ketones (excluding diaryl/α,β-unsaturated/α-hetero) is 3. The Hall–Kier alpha value is -10.6. The van der Waals surface area contributed by atoms with Crippen LogP contribution in [0.25, 0.3) is 0 Å². The molecule has 0 saturated carbocycles. The first-order valence-corrected chi connectivity index (χ1v) is 44.5. The maximum absolute atomic E-state index is 13.4. The lowest BCUT2D eigenvalue weighted by atomic mass is 9.88. The Morgan fingerprint density at radius 3 is 1.12 bits per heavy atom. The summed E-state index contributed by atoms with van der Waals surface area (Å²) in [5.74, 6) is -6.23. The van der Waals surface area contributed by atoms with E-state index in [9.17, 15) is 67.4 Å². The van der Waals surface area contributed by atoms with Gasteiger partial charge in [-0.1, -0.05) is 247 Å². The first-order valence-electron chi connectivity index (χ1n) is 43.4. The van der Waals surface area contributed by atoms with Crippen molar-refractivity contribution in [3.63, 3.8) is 0 Å². The van der Waals surface area contributed by atoms with Gasteiger partial charge in [-0.25, -0.2) is 14.4 Å². The van der Waals surface area contributed by atoms with Crippen molar-refractivity contribution in [2.75, 3.05) is 45.8 Å². The zero-order chi connectivity index (χ0) is 93.1. The van der Waals surface area contributed by atoms with Crippen molar-refractivity contribution in [2.45, 2.75) is 227 Å². The number of aliphatic carboxylic acids is 2. The molecule has 0 aliphatic carbocycles. The molecular weight excluding hydrogens is 1680 g/mol. The van der Waals surface area contributed by atoms with Gasteiger partial charge in [0.25, 0.3) is 0 Å². The largest absolute Gasteiger partial charge is 0.481 e. The number of carbonyl (C=O) groups excluding carboxylic acids is 11. The Balaban J connectivity index is 0.000000586. The van der Waals surface area contributed by atoms with Crippen LogP contribution >= 0.6 is 34.8 Å². The minimum Gasteiger partial charge on any atom is -0.481 e. The molecule has 1 fully saturated rings. The molecule has 6 aromatic rings. The van der Waals surface area contributed by atoms with Crippen molar-refractivity contribution in [3.8, 4) is 0 Å². The lowest BCUT2D eigenvalue weighted by molar-refractivity contribution is -0.152. The summed E-state index contributed by atoms with van der Waals surface area (Å²) >= 11 is 18.2. The van der Waals surface area contributed by atoms with Crippen LogP contribution in [0.2, 0.25) is 15.1 Å². The van der Waals surface area contributed by atoms with Gasteiger partial charge in [0.15, 0.2) is 11.6 Å². The van der Waals surface area contributed by atoms with E-state index >= 15 is 0 Å². The summed E-state index contributed by atoms with van der Waals surface area (Å²) in [6.45, 7) is 14.0. The number of hydrogen-bond acceptors (Lipinski definition) is 20. The molecule has 692 valence electrons. The third-order valence-corrected chi connectivity index (χ3v) is 20.4. The van der Waals surface area contributed by atoms with Gasteiger partial charge in [-0.05, 0) is 131 Å². The number of ketones is 3. The van der Waals surface area contributed by atoms with E-state index in [1.54, 1.807) is 54.6 Å². The van der Waals surface area contributed by atoms with Gasteiger partial charge in [-0.3, -0.25) is 47.9 Å². The number of carboxylic acid groups (broad SMARTS) is 2. The maximum atomic E-state index is 13.4. The van der Waals surface area contributed by atoms with Crippen molar-refractivity contribution in [3.05, 3.63) is 212 Å². The molecule has 6 atom stereocenters. The summed E-state index contributed by atoms with van der Waals surface area (Å²) in [6.07, 6.45) is 11.0. The average molecular weight is 1810 g/mol. The van der Waals surface area contributed by atoms with Crippen molar-refractivity contribution in [1.29, 1.82) is 0 Å². The maximum Gasteiger partial charge on any atom is 0.407 e. The minimum absolute atomic E-state index is 0.0244. The number of hydrogen-bond donors (Lipinski definition) is 11. The summed E-state index contributed by atoms with van der Waals surface area (Å²) in [6, 6.07) is 48.3. The summed E-state index contributed by atoms with van der Waals surface area (Å²) in [5.41, 5.74) is 21.4. The summed E-state index contributed by atoms with van der Waals surface area (Å²) < 4.78 is 19.6. The second-order valence-corrected chi connectivity index (χ2v) is 31.2. The summed E-state index contributed by atoms with van der Waals surface area (Å²) in [4.78, 5) is 155. The van der Waals surface area contributed by atoms with Crippen molar-refractivity contribution < 1.29 is 91.5 Å². The molecule has 6 amide bonds. The van der Waals surface area contributed by atoms with Gasteiger partial charge in [0.05, 0.1) is 37.3 Å². The smallest absolute Gasteiger partial charge is 0.407 e. The Labute approximate surface area is 757 Å². The van der Waals surface area contributed by atoms with Gasteiger partial charge >= 0.3 is 42.2 Å². The predicted molar refractivity (Wildman–Crippen MR) is 489 cm³/mol. The first kappa shape index (κ1) is 111. The highest BCUT2D eigenvalue weighted by Gasteiger charge is 2.30. The van der Waals surface area contributed by atoms with Crippen LogP contribution in [0.5, 0.6) is 0 Å². The highest BCUT2D eigenvalue weighted by Crippen LogP contribution is 2.24. The van der Waals surface area contributed by atoms with Crippen LogP contribution in [0.4, 0.5) is 14.4 Å². The number of unbranched alkanes of at least 4 members (excludes halogenated alkanes) is 5. The van der Waals surface area contributed by atoms with Crippen LogP contribution in [-0.4, -0.2) is 145 Å². The van der Waals surface area contributed by atoms with Crippen LogP contribution in [0.1, 0.15) is 209 Å². The van der Waals surface area contributed by atoms with E-state index in [-0.39, 0.29) is 106 Å². The van der Waals surface area contributed by atoms with Gasteiger partial charge in [-0.15, -0.1) is 0 Å². The van der Waals surface area contributed by atoms with E-state index in [4.69, 9.17) is 71.3 Å². The molecule has 0 aromatic heterocycles. The third kappa shape index (κ3) is 53.6. The minimum atomic E-state index is -1.10. The highest BCUT2D eigenvalue weighted by atomic mass is 35.5. The van der Waals surface area contributed by atoms with E-state index < -0.39 is 77.9 Å². The molecule has 6 unspecified atom stereocenters. The molecule has 0 spiro atoms. The number of carboxylic acids is 2. The lowest BCUT2D eigenvalue weighted by Crippen LogP contribution is -2.44. The first-order chi connectivity index (χ1) is 60.6. The quantitative estimate of drug-likeness (QED) is 0.00731. The molecule has 0 radical (unpaired) electrons. The van der Waals surface area contributed by atoms with Gasteiger partial charge in [0.1, 0.15) is 25.6 Å². The van der Waals surface area contributed by atoms with Gasteiger partial charge < -0.3 is 78.3 Å². The van der Waals surface area contributed by atoms with E-state index in [1.807, 2.05) is 130 Å². The third-order valence-electron chi connectivity index (χ3n) is 19.3. The predicted octanol–water partition coefficient (Wildman–Crippen LogP) is 15.5. The molecule has 1 aliphatic rings. The molecule has 14 N–H and O–H groups in total. The number of cyclic esters (lactones) is 2. The highest BCUT2D eigenvalue weighted by molar-refractivity contribution is 6.32. The molecule has 1 aliphatic heterocycles. The fraction of sp³-hybridized carbons (Fsp3) is 0.484. The summed E-state index contributed by atoms with van der Waals surface area (Å²) in [5, 5.41) is 36.4. The second kappa shape index (κ2) is 69.6. The molecule has 0 bridgehead atoms. The zero-order valence-electron chi connectivity index (χ0n) is 73.5. The number of rotatable bonds is 51. The Morgan fingerprint density at radius 2 is 0.778 bits per heavy atom. The Kier molecular flexibility index (Phi) is 61.5. The number of carbonyl (C=O) groups is 13. The number of nitrogens with one attached hydrogen (secondary N) is 6. The van der Waals surface area contributed by atoms with Crippen LogP contribution in [0.15, 0.2) is 164 Å². The van der Waals surface area contributed by atoms with E-state index in [0.29, 0.717) is 124 Å². The van der Waals surface area contributed by atoms with Gasteiger partial charge in [0.2, 0.25) is 17.7 Å². The van der Waals surface area contributed by atoms with Crippen LogP contribution in [-0.2, 0) is 106 Å². The fourth-order valence-corrected chi connectivity index (χ4v) is 12.6. The molecule has 1 heterocycles. The van der Waals surface area contributed by atoms with E-state index in [2.05, 4.69) is 50.5 Å². The number of alkyl carbamates (subject to hydrolysis) is 3. The second-order valence-electron chi connectivity index (χ2n) is 30.0. The van der Waals surface area contributed by atoms with Crippen LogP contribution in [0.3, 0.4) is 0 Å². The average Bonchev–Trinajstić information content (AvgIpc) is 0.914. The number of benzene rings is 6. The number of halogens is 3. The molecule has 126 heavy (non-hydrogen) atoms. The number of nitrogens with two attached hydrogens (primary N) is 3. The van der Waals surface area contributed by atoms with Crippen molar-refractivity contribution in [2.24, 2.45) is 40.9 Å². The number of amides is 6. The molecule has 28 nitrogen and oxygen atoms in total. The van der Waals surface area contributed by atoms with Gasteiger partial charge in [0, 0.05) is 108 Å². The van der Waals surface area contributed by atoms with E-state index in [1.165, 1.54) is 19.3 Å². The van der Waals surface area contributed by atoms with Crippen LogP contribution in [0, 0.1) is 23.7 Å². The monoisotopic (exact) mass is 1810 g/mol. The number of ether oxygens (including phenoxy) is 4. The molecular formula is C95H132Cl3N9O19. The molecule has 31 heteroatoms.